The molecule has 2 rings (SSSR count). The molecule has 3 heteroatoms. The summed E-state index contributed by atoms with van der Waals surface area (Å²) in [5, 5.41) is 4.72. The van der Waals surface area contributed by atoms with Gasteiger partial charge >= 0.3 is 0 Å². The van der Waals surface area contributed by atoms with Crippen LogP contribution in [0.4, 0.5) is 5.69 Å². The van der Waals surface area contributed by atoms with Gasteiger partial charge in [-0.05, 0) is 51.3 Å². The summed E-state index contributed by atoms with van der Waals surface area (Å²) in [5.74, 6) is 7.54. The zero-order valence-electron chi connectivity index (χ0n) is 18.6. The summed E-state index contributed by atoms with van der Waals surface area (Å²) in [7, 11) is 0. The third-order valence-electron chi connectivity index (χ3n) is 5.31. The standard InChI is InChI=1S/C25H35N3/c1-8-9-15-25(6,7)24(26-23-14-13-19(3)16-20(23)4)28-27-21(5)22-12-10-11-18(2)17-22/h13-14,16-17,22H,8-9,12,15H2,1-7H3,(H,26,28)/b27-21+. The van der Waals surface area contributed by atoms with Crippen molar-refractivity contribution in [1.29, 1.82) is 0 Å². The van der Waals surface area contributed by atoms with Crippen molar-refractivity contribution < 1.29 is 0 Å². The number of benzene rings is 1. The number of aryl methyl sites for hydroxylation is 2. The van der Waals surface area contributed by atoms with Gasteiger partial charge in [0.05, 0.1) is 5.69 Å². The van der Waals surface area contributed by atoms with E-state index in [-0.39, 0.29) is 11.3 Å². The summed E-state index contributed by atoms with van der Waals surface area (Å²) in [4.78, 5) is 5.01. The van der Waals surface area contributed by atoms with Gasteiger partial charge < -0.3 is 0 Å². The van der Waals surface area contributed by atoms with Crippen molar-refractivity contribution in [2.24, 2.45) is 21.4 Å². The molecule has 0 aromatic heterocycles. The van der Waals surface area contributed by atoms with E-state index in [1.165, 1.54) is 24.0 Å². The largest absolute Gasteiger partial charge is 0.264 e. The van der Waals surface area contributed by atoms with E-state index >= 15 is 0 Å². The quantitative estimate of drug-likeness (QED) is 0.251. The Labute approximate surface area is 171 Å². The van der Waals surface area contributed by atoms with Crippen molar-refractivity contribution in [2.45, 2.75) is 74.1 Å². The molecule has 1 aromatic rings. The highest BCUT2D eigenvalue weighted by Gasteiger charge is 2.25. The summed E-state index contributed by atoms with van der Waals surface area (Å²) in [6.45, 7) is 15.1. The molecule has 0 saturated heterocycles. The first-order chi connectivity index (χ1) is 13.2. The lowest BCUT2D eigenvalue weighted by Crippen LogP contribution is -2.35. The molecule has 3 nitrogen and oxygen atoms in total. The van der Waals surface area contributed by atoms with Crippen molar-refractivity contribution in [2.75, 3.05) is 0 Å². The molecule has 1 N–H and O–H groups in total. The number of hydrogen-bond donors (Lipinski definition) is 1. The number of rotatable bonds is 7. The first-order valence-corrected chi connectivity index (χ1v) is 10.4. The minimum Gasteiger partial charge on any atom is -0.264 e. The molecular formula is C25H35N3. The predicted molar refractivity (Wildman–Crippen MR) is 122 cm³/mol. The molecule has 0 radical (unpaired) electrons. The summed E-state index contributed by atoms with van der Waals surface area (Å²) in [6, 6.07) is 6.39. The molecule has 1 aromatic carbocycles. The van der Waals surface area contributed by atoms with Crippen LogP contribution in [0.25, 0.3) is 0 Å². The van der Waals surface area contributed by atoms with Crippen LogP contribution in [0.3, 0.4) is 0 Å². The number of amidine groups is 1. The van der Waals surface area contributed by atoms with Gasteiger partial charge in [0.1, 0.15) is 5.84 Å². The summed E-state index contributed by atoms with van der Waals surface area (Å²) in [5.41, 5.74) is 8.88. The van der Waals surface area contributed by atoms with Gasteiger partial charge in [-0.1, -0.05) is 69.2 Å². The SMILES string of the molecule is CCCCC(C)(C)C(=Nc1ccc(C)cc1C)N/N=C(\C)C1C=C(C)C#CC1. The molecule has 0 aliphatic heterocycles. The third-order valence-corrected chi connectivity index (χ3v) is 5.31. The van der Waals surface area contributed by atoms with Crippen LogP contribution < -0.4 is 5.43 Å². The monoisotopic (exact) mass is 377 g/mol. The highest BCUT2D eigenvalue weighted by atomic mass is 15.3. The van der Waals surface area contributed by atoms with E-state index < -0.39 is 0 Å². The fourth-order valence-corrected chi connectivity index (χ4v) is 3.31. The number of aliphatic imine (C=N–C) groups is 1. The smallest absolute Gasteiger partial charge is 0.128 e. The van der Waals surface area contributed by atoms with E-state index in [1.54, 1.807) is 0 Å². The molecule has 1 atom stereocenters. The van der Waals surface area contributed by atoms with E-state index in [2.05, 4.69) is 90.0 Å². The van der Waals surface area contributed by atoms with Crippen LogP contribution in [0.1, 0.15) is 71.4 Å². The number of nitrogens with zero attached hydrogens (tertiary/aromatic N) is 2. The summed E-state index contributed by atoms with van der Waals surface area (Å²) < 4.78 is 0. The van der Waals surface area contributed by atoms with Crippen molar-refractivity contribution in [3.8, 4) is 11.8 Å². The van der Waals surface area contributed by atoms with Crippen LogP contribution >= 0.6 is 0 Å². The minimum absolute atomic E-state index is 0.0742. The fourth-order valence-electron chi connectivity index (χ4n) is 3.31. The maximum absolute atomic E-state index is 5.01. The van der Waals surface area contributed by atoms with Gasteiger partial charge in [0.2, 0.25) is 0 Å². The van der Waals surface area contributed by atoms with E-state index in [0.29, 0.717) is 0 Å². The molecule has 1 aliphatic rings. The Morgan fingerprint density at radius 1 is 1.25 bits per heavy atom. The van der Waals surface area contributed by atoms with E-state index in [9.17, 15) is 0 Å². The van der Waals surface area contributed by atoms with Crippen LogP contribution in [0, 0.1) is 37.0 Å². The molecule has 28 heavy (non-hydrogen) atoms. The van der Waals surface area contributed by atoms with Gasteiger partial charge in [0, 0.05) is 23.5 Å². The van der Waals surface area contributed by atoms with Gasteiger partial charge in [0.25, 0.3) is 0 Å². The molecule has 0 bridgehead atoms. The number of hydrazone groups is 1. The van der Waals surface area contributed by atoms with Gasteiger partial charge in [-0.25, -0.2) is 4.99 Å². The van der Waals surface area contributed by atoms with Crippen LogP contribution in [0.15, 0.2) is 39.9 Å². The van der Waals surface area contributed by atoms with Crippen molar-refractivity contribution in [3.05, 3.63) is 41.0 Å². The second-order valence-corrected chi connectivity index (χ2v) is 8.56. The average Bonchev–Trinajstić information content (AvgIpc) is 2.64. The maximum Gasteiger partial charge on any atom is 0.128 e. The van der Waals surface area contributed by atoms with Gasteiger partial charge in [-0.15, -0.1) is 0 Å². The van der Waals surface area contributed by atoms with Crippen LogP contribution in [-0.4, -0.2) is 11.5 Å². The third kappa shape index (κ3) is 6.09. The Balaban J connectivity index is 2.32. The summed E-state index contributed by atoms with van der Waals surface area (Å²) >= 11 is 0. The van der Waals surface area contributed by atoms with Crippen molar-refractivity contribution >= 4 is 17.2 Å². The number of hydrogen-bond acceptors (Lipinski definition) is 2. The Hall–Kier alpha value is -2.34. The number of allylic oxidation sites excluding steroid dienone is 2. The first kappa shape index (κ1) is 22.0. The lowest BCUT2D eigenvalue weighted by atomic mass is 9.85. The predicted octanol–water partition coefficient (Wildman–Crippen LogP) is 6.48. The Morgan fingerprint density at radius 2 is 2.00 bits per heavy atom. The Bertz CT molecular complexity index is 844. The Morgan fingerprint density at radius 3 is 2.64 bits per heavy atom. The van der Waals surface area contributed by atoms with E-state index in [4.69, 9.17) is 10.1 Å². The molecule has 0 spiro atoms. The topological polar surface area (TPSA) is 36.8 Å². The second-order valence-electron chi connectivity index (χ2n) is 8.56. The van der Waals surface area contributed by atoms with Crippen molar-refractivity contribution in [1.82, 2.24) is 5.43 Å². The second kappa shape index (κ2) is 9.73. The highest BCUT2D eigenvalue weighted by Crippen LogP contribution is 2.28. The van der Waals surface area contributed by atoms with Crippen molar-refractivity contribution in [3.63, 3.8) is 0 Å². The first-order valence-electron chi connectivity index (χ1n) is 10.4. The molecule has 150 valence electrons. The Kier molecular flexibility index (Phi) is 7.63. The number of nitrogens with one attached hydrogen (secondary N) is 1. The van der Waals surface area contributed by atoms with Crippen LogP contribution in [0.2, 0.25) is 0 Å². The maximum atomic E-state index is 5.01. The molecule has 0 amide bonds. The van der Waals surface area contributed by atoms with E-state index in [1.807, 2.05) is 0 Å². The van der Waals surface area contributed by atoms with Gasteiger partial charge in [0.15, 0.2) is 0 Å². The molecule has 1 aliphatic carbocycles. The van der Waals surface area contributed by atoms with Gasteiger partial charge in [-0.3, -0.25) is 5.43 Å². The molecular weight excluding hydrogens is 342 g/mol. The number of unbranched alkanes of at least 4 members (excludes halogenated alkanes) is 1. The summed E-state index contributed by atoms with van der Waals surface area (Å²) in [6.07, 6.45) is 6.46. The normalized spacial score (nSPS) is 17.7. The zero-order chi connectivity index (χ0) is 20.7. The fraction of sp³-hybridized carbons (Fsp3) is 0.520. The zero-order valence-corrected chi connectivity index (χ0v) is 18.6. The highest BCUT2D eigenvalue weighted by molar-refractivity contribution is 5.92. The van der Waals surface area contributed by atoms with Crippen LogP contribution in [-0.2, 0) is 0 Å². The van der Waals surface area contributed by atoms with Crippen LogP contribution in [0.5, 0.6) is 0 Å². The molecule has 1 unspecified atom stereocenters. The lowest BCUT2D eigenvalue weighted by molar-refractivity contribution is 0.440. The van der Waals surface area contributed by atoms with E-state index in [0.717, 1.165) is 35.6 Å². The average molecular weight is 378 g/mol. The molecule has 0 heterocycles. The lowest BCUT2D eigenvalue weighted by Gasteiger charge is -2.27. The van der Waals surface area contributed by atoms with Gasteiger partial charge in [-0.2, -0.15) is 5.10 Å². The minimum atomic E-state index is -0.0742. The molecule has 0 saturated carbocycles. The molecule has 0 fully saturated rings.